The zero-order valence-electron chi connectivity index (χ0n) is 7.00. The van der Waals surface area contributed by atoms with Gasteiger partial charge < -0.3 is 10.2 Å². The molecule has 13 heavy (non-hydrogen) atoms. The van der Waals surface area contributed by atoms with Crippen molar-refractivity contribution in [2.75, 3.05) is 12.5 Å². The molecule has 4 nitrogen and oxygen atoms in total. The normalized spacial score (nSPS) is 9.46. The van der Waals surface area contributed by atoms with E-state index < -0.39 is 11.8 Å². The predicted molar refractivity (Wildman–Crippen MR) is 45.5 cm³/mol. The van der Waals surface area contributed by atoms with E-state index in [1.54, 1.807) is 0 Å². The molecule has 0 radical (unpaired) electrons. The van der Waals surface area contributed by atoms with Gasteiger partial charge in [0.2, 0.25) is 0 Å². The summed E-state index contributed by atoms with van der Waals surface area (Å²) in [6.07, 6.45) is 0. The third-order valence-corrected chi connectivity index (χ3v) is 1.54. The van der Waals surface area contributed by atoms with Crippen LogP contribution in [0.5, 0.6) is 0 Å². The number of nitrogen functional groups attached to an aromatic ring is 1. The number of hydrazine groups is 1. The summed E-state index contributed by atoms with van der Waals surface area (Å²) in [7, 11) is 1.19. The maximum atomic E-state index is 13.1. The van der Waals surface area contributed by atoms with Gasteiger partial charge in [-0.15, -0.1) is 0 Å². The Kier molecular flexibility index (Phi) is 2.81. The van der Waals surface area contributed by atoms with Gasteiger partial charge in [0, 0.05) is 0 Å². The summed E-state index contributed by atoms with van der Waals surface area (Å²) in [4.78, 5) is 10.9. The minimum atomic E-state index is -0.707. The van der Waals surface area contributed by atoms with Gasteiger partial charge in [-0.3, -0.25) is 5.84 Å². The van der Waals surface area contributed by atoms with E-state index in [4.69, 9.17) is 5.84 Å². The molecule has 0 saturated carbocycles. The first kappa shape index (κ1) is 9.47. The summed E-state index contributed by atoms with van der Waals surface area (Å²) in [6.45, 7) is 0. The number of esters is 1. The third kappa shape index (κ3) is 1.94. The Morgan fingerprint density at radius 2 is 2.31 bits per heavy atom. The van der Waals surface area contributed by atoms with Crippen LogP contribution in [0.1, 0.15) is 10.4 Å². The second kappa shape index (κ2) is 3.86. The highest BCUT2D eigenvalue weighted by molar-refractivity contribution is 5.90. The van der Waals surface area contributed by atoms with Crippen LogP contribution in [0.3, 0.4) is 0 Å². The van der Waals surface area contributed by atoms with Crippen LogP contribution in [-0.2, 0) is 4.74 Å². The Morgan fingerprint density at radius 1 is 1.62 bits per heavy atom. The number of nitrogens with one attached hydrogen (secondary N) is 1. The smallest absolute Gasteiger partial charge is 0.340 e. The van der Waals surface area contributed by atoms with E-state index in [-0.39, 0.29) is 5.56 Å². The number of carbonyl (C=O) groups is 1. The van der Waals surface area contributed by atoms with Crippen molar-refractivity contribution in [1.82, 2.24) is 0 Å². The molecule has 0 aliphatic heterocycles. The van der Waals surface area contributed by atoms with E-state index in [2.05, 4.69) is 10.2 Å². The maximum Gasteiger partial charge on any atom is 0.340 e. The topological polar surface area (TPSA) is 64.3 Å². The van der Waals surface area contributed by atoms with E-state index in [0.29, 0.717) is 5.69 Å². The third-order valence-electron chi connectivity index (χ3n) is 1.54. The molecule has 0 aliphatic rings. The van der Waals surface area contributed by atoms with Gasteiger partial charge in [0.25, 0.3) is 0 Å². The number of halogens is 1. The standard InChI is InChI=1S/C8H9FN2O2/c1-13-8(12)6-3-2-5(11-10)4-7(6)9/h2-4,11H,10H2,1H3. The first-order valence-corrected chi connectivity index (χ1v) is 3.53. The van der Waals surface area contributed by atoms with Crippen LogP contribution in [-0.4, -0.2) is 13.1 Å². The monoisotopic (exact) mass is 184 g/mol. The predicted octanol–water partition coefficient (Wildman–Crippen LogP) is 0.898. The number of carbonyl (C=O) groups excluding carboxylic acids is 1. The lowest BCUT2D eigenvalue weighted by Crippen LogP contribution is -2.09. The van der Waals surface area contributed by atoms with Crippen molar-refractivity contribution in [1.29, 1.82) is 0 Å². The molecule has 0 aromatic heterocycles. The molecular weight excluding hydrogens is 175 g/mol. The largest absolute Gasteiger partial charge is 0.465 e. The van der Waals surface area contributed by atoms with Crippen molar-refractivity contribution in [3.05, 3.63) is 29.6 Å². The van der Waals surface area contributed by atoms with Crippen LogP contribution < -0.4 is 11.3 Å². The second-order valence-electron chi connectivity index (χ2n) is 2.33. The van der Waals surface area contributed by atoms with Crippen molar-refractivity contribution in [3.8, 4) is 0 Å². The molecule has 0 amide bonds. The van der Waals surface area contributed by atoms with E-state index in [1.807, 2.05) is 0 Å². The average molecular weight is 184 g/mol. The minimum absolute atomic E-state index is 0.110. The highest BCUT2D eigenvalue weighted by atomic mass is 19.1. The van der Waals surface area contributed by atoms with E-state index in [0.717, 1.165) is 6.07 Å². The van der Waals surface area contributed by atoms with Crippen LogP contribution in [0.15, 0.2) is 18.2 Å². The highest BCUT2D eigenvalue weighted by Crippen LogP contribution is 2.14. The summed E-state index contributed by atoms with van der Waals surface area (Å²) in [6, 6.07) is 3.90. The quantitative estimate of drug-likeness (QED) is 0.407. The van der Waals surface area contributed by atoms with Gasteiger partial charge in [-0.2, -0.15) is 0 Å². The number of rotatable bonds is 2. The van der Waals surface area contributed by atoms with Gasteiger partial charge in [-0.1, -0.05) is 0 Å². The molecule has 70 valence electrons. The second-order valence-corrected chi connectivity index (χ2v) is 2.33. The van der Waals surface area contributed by atoms with Gasteiger partial charge >= 0.3 is 5.97 Å². The molecule has 0 bridgehead atoms. The van der Waals surface area contributed by atoms with E-state index >= 15 is 0 Å². The lowest BCUT2D eigenvalue weighted by atomic mass is 10.2. The number of hydrogen-bond acceptors (Lipinski definition) is 4. The number of nitrogens with two attached hydrogens (primary N) is 1. The fourth-order valence-corrected chi connectivity index (χ4v) is 0.880. The number of anilines is 1. The molecule has 1 aromatic carbocycles. The van der Waals surface area contributed by atoms with Gasteiger partial charge in [-0.25, -0.2) is 9.18 Å². The molecule has 0 fully saturated rings. The summed E-state index contributed by atoms with van der Waals surface area (Å²) in [5, 5.41) is 0. The van der Waals surface area contributed by atoms with Crippen LogP contribution in [0.25, 0.3) is 0 Å². The summed E-state index contributed by atoms with van der Waals surface area (Å²) in [5.41, 5.74) is 2.54. The van der Waals surface area contributed by atoms with E-state index in [1.165, 1.54) is 19.2 Å². The number of ether oxygens (including phenoxy) is 1. The zero-order chi connectivity index (χ0) is 9.84. The molecule has 0 heterocycles. The summed E-state index contributed by atoms with van der Waals surface area (Å²) in [5.74, 6) is 3.67. The maximum absolute atomic E-state index is 13.1. The average Bonchev–Trinajstić information content (AvgIpc) is 2.16. The van der Waals surface area contributed by atoms with Crippen LogP contribution >= 0.6 is 0 Å². The Labute approximate surface area is 74.5 Å². The molecule has 0 unspecified atom stereocenters. The van der Waals surface area contributed by atoms with Crippen molar-refractivity contribution in [2.45, 2.75) is 0 Å². The van der Waals surface area contributed by atoms with Crippen LogP contribution in [0.2, 0.25) is 0 Å². The molecular formula is C8H9FN2O2. The van der Waals surface area contributed by atoms with Crippen LogP contribution in [0.4, 0.5) is 10.1 Å². The molecule has 5 heteroatoms. The van der Waals surface area contributed by atoms with Crippen molar-refractivity contribution < 1.29 is 13.9 Å². The van der Waals surface area contributed by atoms with E-state index in [9.17, 15) is 9.18 Å². The van der Waals surface area contributed by atoms with Crippen molar-refractivity contribution >= 4 is 11.7 Å². The Morgan fingerprint density at radius 3 is 2.77 bits per heavy atom. The fourth-order valence-electron chi connectivity index (χ4n) is 0.880. The number of hydrogen-bond donors (Lipinski definition) is 2. The zero-order valence-corrected chi connectivity index (χ0v) is 7.00. The summed E-state index contributed by atoms with van der Waals surface area (Å²) >= 11 is 0. The Hall–Kier alpha value is -1.62. The van der Waals surface area contributed by atoms with Gasteiger partial charge in [-0.05, 0) is 18.2 Å². The van der Waals surface area contributed by atoms with Gasteiger partial charge in [0.15, 0.2) is 0 Å². The number of benzene rings is 1. The fraction of sp³-hybridized carbons (Fsp3) is 0.125. The highest BCUT2D eigenvalue weighted by Gasteiger charge is 2.11. The molecule has 0 saturated heterocycles. The van der Waals surface area contributed by atoms with Gasteiger partial charge in [0.05, 0.1) is 18.4 Å². The minimum Gasteiger partial charge on any atom is -0.465 e. The summed E-state index contributed by atoms with van der Waals surface area (Å²) < 4.78 is 17.4. The van der Waals surface area contributed by atoms with Crippen molar-refractivity contribution in [2.24, 2.45) is 5.84 Å². The first-order valence-electron chi connectivity index (χ1n) is 3.53. The Balaban J connectivity index is 3.05. The molecule has 1 rings (SSSR count). The molecule has 1 aromatic rings. The lowest BCUT2D eigenvalue weighted by Gasteiger charge is -2.03. The molecule has 0 atom stereocenters. The van der Waals surface area contributed by atoms with Crippen LogP contribution in [0, 0.1) is 5.82 Å². The first-order chi connectivity index (χ1) is 6.19. The molecule has 0 spiro atoms. The number of methoxy groups -OCH3 is 1. The Bertz CT molecular complexity index is 328. The van der Waals surface area contributed by atoms with Gasteiger partial charge in [0.1, 0.15) is 5.82 Å². The molecule has 3 N–H and O–H groups in total. The van der Waals surface area contributed by atoms with Crippen molar-refractivity contribution in [3.63, 3.8) is 0 Å². The molecule has 0 aliphatic carbocycles. The SMILES string of the molecule is COC(=O)c1ccc(NN)cc1F. The lowest BCUT2D eigenvalue weighted by molar-refractivity contribution is 0.0595.